The SMILES string of the molecule is O=C1O[C@H]2CC[C@@H]1OC2=O. The van der Waals surface area contributed by atoms with Crippen LogP contribution < -0.4 is 0 Å². The maximum atomic E-state index is 10.7. The highest BCUT2D eigenvalue weighted by molar-refractivity contribution is 5.88. The van der Waals surface area contributed by atoms with Gasteiger partial charge in [0, 0.05) is 0 Å². The van der Waals surface area contributed by atoms with Gasteiger partial charge in [-0.25, -0.2) is 9.59 Å². The molecule has 4 nitrogen and oxygen atoms in total. The topological polar surface area (TPSA) is 52.6 Å². The average Bonchev–Trinajstić information content (AvgIpc) is 1.91. The Morgan fingerprint density at radius 2 is 1.40 bits per heavy atom. The quantitative estimate of drug-likeness (QED) is 0.432. The second-order valence-electron chi connectivity index (χ2n) is 2.43. The molecule has 0 N–H and O–H groups in total. The lowest BCUT2D eigenvalue weighted by Crippen LogP contribution is -2.49. The summed E-state index contributed by atoms with van der Waals surface area (Å²) in [5.74, 6) is -0.785. The normalized spacial score (nSPS) is 37.2. The van der Waals surface area contributed by atoms with E-state index in [2.05, 4.69) is 9.47 Å². The van der Waals surface area contributed by atoms with E-state index in [1.54, 1.807) is 0 Å². The number of hydrogen-bond donors (Lipinski definition) is 0. The molecule has 3 aliphatic rings. The fourth-order valence-corrected chi connectivity index (χ4v) is 1.18. The standard InChI is InChI=1S/C6H6O4/c7-5-3-1-2-4(10-5)6(8)9-3/h3-4H,1-2H2/t3-,4-/m0/s1. The number of hydrogen-bond acceptors (Lipinski definition) is 4. The third kappa shape index (κ3) is 0.616. The monoisotopic (exact) mass is 142 g/mol. The Labute approximate surface area is 57.1 Å². The molecule has 54 valence electrons. The van der Waals surface area contributed by atoms with Gasteiger partial charge in [-0.1, -0.05) is 0 Å². The Hall–Kier alpha value is -1.06. The van der Waals surface area contributed by atoms with Crippen LogP contribution in [0, 0.1) is 0 Å². The molecule has 4 heteroatoms. The van der Waals surface area contributed by atoms with Crippen LogP contribution in [-0.2, 0) is 19.1 Å². The molecule has 0 aromatic rings. The Morgan fingerprint density at radius 1 is 1.00 bits per heavy atom. The number of ether oxygens (including phenoxy) is 2. The number of carbonyl (C=O) groups excluding carboxylic acids is 2. The van der Waals surface area contributed by atoms with Gasteiger partial charge in [-0.15, -0.1) is 0 Å². The molecular weight excluding hydrogens is 136 g/mol. The summed E-state index contributed by atoms with van der Waals surface area (Å²) in [7, 11) is 0. The number of esters is 2. The molecule has 3 rings (SSSR count). The maximum absolute atomic E-state index is 10.7. The van der Waals surface area contributed by atoms with Crippen molar-refractivity contribution in [2.45, 2.75) is 25.0 Å². The molecule has 0 aromatic carbocycles. The van der Waals surface area contributed by atoms with Crippen molar-refractivity contribution in [2.24, 2.45) is 0 Å². The molecule has 3 fully saturated rings. The molecule has 2 bridgehead atoms. The summed E-state index contributed by atoms with van der Waals surface area (Å²) in [6.45, 7) is 0. The van der Waals surface area contributed by atoms with Gasteiger partial charge in [0.1, 0.15) is 0 Å². The van der Waals surface area contributed by atoms with E-state index in [0.717, 1.165) is 0 Å². The van der Waals surface area contributed by atoms with Crippen molar-refractivity contribution < 1.29 is 19.1 Å². The number of carbonyl (C=O) groups is 2. The van der Waals surface area contributed by atoms with Crippen molar-refractivity contribution >= 4 is 11.9 Å². The van der Waals surface area contributed by atoms with E-state index in [0.29, 0.717) is 12.8 Å². The lowest BCUT2D eigenvalue weighted by molar-refractivity contribution is -0.205. The van der Waals surface area contributed by atoms with Gasteiger partial charge in [-0.2, -0.15) is 0 Å². The number of rotatable bonds is 0. The second kappa shape index (κ2) is 1.71. The molecule has 10 heavy (non-hydrogen) atoms. The average molecular weight is 142 g/mol. The van der Waals surface area contributed by atoms with Crippen LogP contribution in [0.15, 0.2) is 0 Å². The third-order valence-corrected chi connectivity index (χ3v) is 1.73. The lowest BCUT2D eigenvalue weighted by atomic mass is 10.0. The fraction of sp³-hybridized carbons (Fsp3) is 0.667. The summed E-state index contributed by atoms with van der Waals surface area (Å²) in [5.41, 5.74) is 0. The van der Waals surface area contributed by atoms with Crippen LogP contribution in [0.2, 0.25) is 0 Å². The Morgan fingerprint density at radius 3 is 1.60 bits per heavy atom. The second-order valence-corrected chi connectivity index (χ2v) is 2.43. The molecule has 3 aliphatic heterocycles. The molecule has 0 aromatic heterocycles. The van der Waals surface area contributed by atoms with Gasteiger partial charge in [-0.05, 0) is 12.8 Å². The summed E-state index contributed by atoms with van der Waals surface area (Å²) in [6, 6.07) is 0. The highest BCUT2D eigenvalue weighted by Crippen LogP contribution is 2.24. The molecule has 0 amide bonds. The first-order valence-electron chi connectivity index (χ1n) is 3.18. The van der Waals surface area contributed by atoms with Crippen molar-refractivity contribution in [2.75, 3.05) is 0 Å². The van der Waals surface area contributed by atoms with E-state index in [-0.39, 0.29) is 0 Å². The molecule has 2 atom stereocenters. The van der Waals surface area contributed by atoms with E-state index >= 15 is 0 Å². The molecule has 0 radical (unpaired) electrons. The summed E-state index contributed by atoms with van der Waals surface area (Å²) >= 11 is 0. The third-order valence-electron chi connectivity index (χ3n) is 1.73. The van der Waals surface area contributed by atoms with Crippen LogP contribution in [0.4, 0.5) is 0 Å². The molecule has 0 spiro atoms. The zero-order valence-corrected chi connectivity index (χ0v) is 5.20. The predicted molar refractivity (Wildman–Crippen MR) is 29.0 cm³/mol. The first-order valence-corrected chi connectivity index (χ1v) is 3.18. The van der Waals surface area contributed by atoms with Crippen molar-refractivity contribution in [1.29, 1.82) is 0 Å². The van der Waals surface area contributed by atoms with Crippen LogP contribution in [0.5, 0.6) is 0 Å². The molecule has 0 unspecified atom stereocenters. The molecular formula is C6H6O4. The zero-order chi connectivity index (χ0) is 7.14. The predicted octanol–water partition coefficient (Wildman–Crippen LogP) is -0.383. The summed E-state index contributed by atoms with van der Waals surface area (Å²) in [5, 5.41) is 0. The zero-order valence-electron chi connectivity index (χ0n) is 5.20. The fourth-order valence-electron chi connectivity index (χ4n) is 1.18. The van der Waals surface area contributed by atoms with Crippen LogP contribution in [-0.4, -0.2) is 24.1 Å². The van der Waals surface area contributed by atoms with Gasteiger partial charge in [0.15, 0.2) is 12.2 Å². The van der Waals surface area contributed by atoms with Crippen LogP contribution in [0.25, 0.3) is 0 Å². The lowest BCUT2D eigenvalue weighted by Gasteiger charge is -2.32. The van der Waals surface area contributed by atoms with E-state index in [1.165, 1.54) is 0 Å². The minimum absolute atomic E-state index is 0.393. The van der Waals surface area contributed by atoms with Crippen LogP contribution >= 0.6 is 0 Å². The Bertz CT molecular complexity index is 176. The van der Waals surface area contributed by atoms with Gasteiger partial charge in [0.2, 0.25) is 0 Å². The van der Waals surface area contributed by atoms with E-state index in [1.807, 2.05) is 0 Å². The molecule has 0 saturated carbocycles. The number of fused-ring (bicyclic) bond motifs is 3. The minimum Gasteiger partial charge on any atom is -0.448 e. The Balaban J connectivity index is 2.23. The van der Waals surface area contributed by atoms with E-state index < -0.39 is 24.1 Å². The minimum atomic E-state index is -0.613. The first kappa shape index (κ1) is 5.70. The van der Waals surface area contributed by atoms with Gasteiger partial charge < -0.3 is 9.47 Å². The van der Waals surface area contributed by atoms with Crippen molar-refractivity contribution in [3.8, 4) is 0 Å². The summed E-state index contributed by atoms with van der Waals surface area (Å²) in [4.78, 5) is 21.4. The van der Waals surface area contributed by atoms with Gasteiger partial charge in [-0.3, -0.25) is 0 Å². The van der Waals surface area contributed by atoms with Crippen molar-refractivity contribution in [1.82, 2.24) is 0 Å². The van der Waals surface area contributed by atoms with Crippen LogP contribution in [0.3, 0.4) is 0 Å². The first-order chi connectivity index (χ1) is 4.77. The van der Waals surface area contributed by atoms with E-state index in [4.69, 9.17) is 0 Å². The van der Waals surface area contributed by atoms with E-state index in [9.17, 15) is 9.59 Å². The van der Waals surface area contributed by atoms with Crippen molar-refractivity contribution in [3.63, 3.8) is 0 Å². The van der Waals surface area contributed by atoms with Gasteiger partial charge >= 0.3 is 11.9 Å². The Kier molecular flexibility index (Phi) is 0.977. The molecule has 3 heterocycles. The van der Waals surface area contributed by atoms with Gasteiger partial charge in [0.05, 0.1) is 0 Å². The van der Waals surface area contributed by atoms with Crippen LogP contribution in [0.1, 0.15) is 12.8 Å². The smallest absolute Gasteiger partial charge is 0.348 e. The van der Waals surface area contributed by atoms with Gasteiger partial charge in [0.25, 0.3) is 0 Å². The highest BCUT2D eigenvalue weighted by atomic mass is 16.6. The maximum Gasteiger partial charge on any atom is 0.348 e. The van der Waals surface area contributed by atoms with Crippen molar-refractivity contribution in [3.05, 3.63) is 0 Å². The molecule has 3 saturated heterocycles. The molecule has 0 aliphatic carbocycles. The summed E-state index contributed by atoms with van der Waals surface area (Å²) in [6.07, 6.45) is 0.0137. The highest BCUT2D eigenvalue weighted by Gasteiger charge is 2.43. The summed E-state index contributed by atoms with van der Waals surface area (Å²) < 4.78 is 9.37. The largest absolute Gasteiger partial charge is 0.448 e.